The molecule has 1 fully saturated rings. The highest BCUT2D eigenvalue weighted by Crippen LogP contribution is 2.29. The number of hydrogen-bond donors (Lipinski definition) is 2. The van der Waals surface area contributed by atoms with Crippen LogP contribution >= 0.6 is 0 Å². The smallest absolute Gasteiger partial charge is 0.120 e. The van der Waals surface area contributed by atoms with Crippen molar-refractivity contribution in [1.29, 1.82) is 0 Å². The SMILES string of the molecule is CC(C)C1CCC(NCc2ncc[nH]2)CC1. The molecule has 0 amide bonds. The fourth-order valence-electron chi connectivity index (χ4n) is 2.63. The highest BCUT2D eigenvalue weighted by Gasteiger charge is 2.22. The predicted octanol–water partition coefficient (Wildman–Crippen LogP) is 2.71. The van der Waals surface area contributed by atoms with E-state index in [2.05, 4.69) is 29.1 Å². The summed E-state index contributed by atoms with van der Waals surface area (Å²) in [4.78, 5) is 7.36. The average molecular weight is 221 g/mol. The minimum atomic E-state index is 0.695. The Bertz CT molecular complexity index is 284. The Labute approximate surface area is 98.1 Å². The van der Waals surface area contributed by atoms with Crippen LogP contribution in [-0.4, -0.2) is 16.0 Å². The van der Waals surface area contributed by atoms with E-state index in [1.807, 2.05) is 12.4 Å². The summed E-state index contributed by atoms with van der Waals surface area (Å²) in [5.74, 6) is 2.85. The average Bonchev–Trinajstić information content (AvgIpc) is 2.80. The Balaban J connectivity index is 1.69. The van der Waals surface area contributed by atoms with Crippen LogP contribution in [0.25, 0.3) is 0 Å². The summed E-state index contributed by atoms with van der Waals surface area (Å²) in [5, 5.41) is 3.59. The van der Waals surface area contributed by atoms with Gasteiger partial charge in [0.05, 0.1) is 6.54 Å². The normalized spacial score (nSPS) is 26.2. The Morgan fingerprint density at radius 2 is 2.12 bits per heavy atom. The van der Waals surface area contributed by atoms with E-state index in [1.54, 1.807) is 0 Å². The predicted molar refractivity (Wildman–Crippen MR) is 66.0 cm³/mol. The van der Waals surface area contributed by atoms with Crippen molar-refractivity contribution >= 4 is 0 Å². The molecule has 1 aliphatic rings. The maximum atomic E-state index is 4.23. The Morgan fingerprint density at radius 3 is 2.69 bits per heavy atom. The van der Waals surface area contributed by atoms with Crippen molar-refractivity contribution < 1.29 is 0 Å². The minimum Gasteiger partial charge on any atom is -0.348 e. The zero-order chi connectivity index (χ0) is 11.4. The van der Waals surface area contributed by atoms with Crippen LogP contribution in [0.3, 0.4) is 0 Å². The molecule has 0 saturated heterocycles. The van der Waals surface area contributed by atoms with Gasteiger partial charge in [0.2, 0.25) is 0 Å². The molecule has 3 heteroatoms. The van der Waals surface area contributed by atoms with Gasteiger partial charge in [0.25, 0.3) is 0 Å². The summed E-state index contributed by atoms with van der Waals surface area (Å²) >= 11 is 0. The van der Waals surface area contributed by atoms with Gasteiger partial charge in [0, 0.05) is 18.4 Å². The van der Waals surface area contributed by atoms with Crippen LogP contribution < -0.4 is 5.32 Å². The molecule has 3 nitrogen and oxygen atoms in total. The lowest BCUT2D eigenvalue weighted by atomic mass is 9.80. The van der Waals surface area contributed by atoms with E-state index in [4.69, 9.17) is 0 Å². The second-order valence-corrected chi connectivity index (χ2v) is 5.27. The first kappa shape index (κ1) is 11.6. The zero-order valence-electron chi connectivity index (χ0n) is 10.4. The van der Waals surface area contributed by atoms with E-state index < -0.39 is 0 Å². The Hall–Kier alpha value is -0.830. The third-order valence-electron chi connectivity index (χ3n) is 3.83. The van der Waals surface area contributed by atoms with Gasteiger partial charge in [-0.05, 0) is 37.5 Å². The van der Waals surface area contributed by atoms with Crippen molar-refractivity contribution in [2.24, 2.45) is 11.8 Å². The molecule has 2 N–H and O–H groups in total. The van der Waals surface area contributed by atoms with Gasteiger partial charge in [0.15, 0.2) is 0 Å². The molecular formula is C13H23N3. The summed E-state index contributed by atoms with van der Waals surface area (Å²) in [5.41, 5.74) is 0. The molecule has 1 aliphatic carbocycles. The molecule has 90 valence electrons. The quantitative estimate of drug-likeness (QED) is 0.820. The van der Waals surface area contributed by atoms with E-state index in [-0.39, 0.29) is 0 Å². The molecule has 0 spiro atoms. The second kappa shape index (κ2) is 5.48. The van der Waals surface area contributed by atoms with Gasteiger partial charge >= 0.3 is 0 Å². The lowest BCUT2D eigenvalue weighted by Gasteiger charge is -2.31. The van der Waals surface area contributed by atoms with Crippen molar-refractivity contribution in [3.63, 3.8) is 0 Å². The maximum Gasteiger partial charge on any atom is 0.120 e. The van der Waals surface area contributed by atoms with Crippen LogP contribution in [0.5, 0.6) is 0 Å². The molecule has 2 rings (SSSR count). The molecule has 1 heterocycles. The number of rotatable bonds is 4. The number of nitrogens with zero attached hydrogens (tertiary/aromatic N) is 1. The molecular weight excluding hydrogens is 198 g/mol. The van der Waals surface area contributed by atoms with E-state index in [1.165, 1.54) is 25.7 Å². The number of nitrogens with one attached hydrogen (secondary N) is 2. The third kappa shape index (κ3) is 3.08. The molecule has 0 unspecified atom stereocenters. The number of aromatic nitrogens is 2. The Kier molecular flexibility index (Phi) is 3.99. The molecule has 1 aromatic rings. The van der Waals surface area contributed by atoms with Crippen molar-refractivity contribution in [3.05, 3.63) is 18.2 Å². The number of imidazole rings is 1. The first-order valence-electron chi connectivity index (χ1n) is 6.47. The standard InChI is InChI=1S/C13H23N3/c1-10(2)11-3-5-12(6-4-11)16-9-13-14-7-8-15-13/h7-8,10-12,16H,3-6,9H2,1-2H3,(H,14,15). The lowest BCUT2D eigenvalue weighted by Crippen LogP contribution is -2.34. The molecule has 1 aromatic heterocycles. The summed E-state index contributed by atoms with van der Waals surface area (Å²) in [6.07, 6.45) is 9.10. The van der Waals surface area contributed by atoms with Crippen LogP contribution in [0.4, 0.5) is 0 Å². The fraction of sp³-hybridized carbons (Fsp3) is 0.769. The highest BCUT2D eigenvalue weighted by atomic mass is 15.0. The Morgan fingerprint density at radius 1 is 1.38 bits per heavy atom. The summed E-state index contributed by atoms with van der Waals surface area (Å²) in [6, 6.07) is 0.695. The molecule has 1 saturated carbocycles. The van der Waals surface area contributed by atoms with Crippen LogP contribution in [0.1, 0.15) is 45.4 Å². The van der Waals surface area contributed by atoms with Crippen molar-refractivity contribution in [3.8, 4) is 0 Å². The highest BCUT2D eigenvalue weighted by molar-refractivity contribution is 4.88. The lowest BCUT2D eigenvalue weighted by molar-refractivity contribution is 0.237. The first-order valence-corrected chi connectivity index (χ1v) is 6.47. The van der Waals surface area contributed by atoms with Crippen molar-refractivity contribution in [2.75, 3.05) is 0 Å². The summed E-state index contributed by atoms with van der Waals surface area (Å²) in [6.45, 7) is 5.58. The van der Waals surface area contributed by atoms with E-state index in [9.17, 15) is 0 Å². The van der Waals surface area contributed by atoms with Gasteiger partial charge < -0.3 is 10.3 Å². The van der Waals surface area contributed by atoms with Crippen LogP contribution in [0, 0.1) is 11.8 Å². The summed E-state index contributed by atoms with van der Waals surface area (Å²) < 4.78 is 0. The number of hydrogen-bond acceptors (Lipinski definition) is 2. The molecule has 16 heavy (non-hydrogen) atoms. The second-order valence-electron chi connectivity index (χ2n) is 5.27. The van der Waals surface area contributed by atoms with Crippen molar-refractivity contribution in [2.45, 2.75) is 52.1 Å². The molecule has 0 aromatic carbocycles. The van der Waals surface area contributed by atoms with Gasteiger partial charge in [-0.25, -0.2) is 4.98 Å². The van der Waals surface area contributed by atoms with Gasteiger partial charge in [-0.1, -0.05) is 13.8 Å². The monoisotopic (exact) mass is 221 g/mol. The summed E-state index contributed by atoms with van der Waals surface area (Å²) in [7, 11) is 0. The molecule has 0 radical (unpaired) electrons. The molecule has 0 atom stereocenters. The fourth-order valence-corrected chi connectivity index (χ4v) is 2.63. The molecule has 0 aliphatic heterocycles. The van der Waals surface area contributed by atoms with Crippen LogP contribution in [0.15, 0.2) is 12.4 Å². The largest absolute Gasteiger partial charge is 0.348 e. The molecule has 0 bridgehead atoms. The van der Waals surface area contributed by atoms with Crippen LogP contribution in [-0.2, 0) is 6.54 Å². The van der Waals surface area contributed by atoms with Crippen molar-refractivity contribution in [1.82, 2.24) is 15.3 Å². The first-order chi connectivity index (χ1) is 7.75. The van der Waals surface area contributed by atoms with E-state index >= 15 is 0 Å². The van der Waals surface area contributed by atoms with Gasteiger partial charge in [-0.15, -0.1) is 0 Å². The van der Waals surface area contributed by atoms with Gasteiger partial charge in [0.1, 0.15) is 5.82 Å². The number of aromatic amines is 1. The van der Waals surface area contributed by atoms with Crippen LogP contribution in [0.2, 0.25) is 0 Å². The van der Waals surface area contributed by atoms with Gasteiger partial charge in [-0.2, -0.15) is 0 Å². The van der Waals surface area contributed by atoms with E-state index in [0.29, 0.717) is 6.04 Å². The topological polar surface area (TPSA) is 40.7 Å². The van der Waals surface area contributed by atoms with E-state index in [0.717, 1.165) is 24.2 Å². The zero-order valence-corrected chi connectivity index (χ0v) is 10.4. The minimum absolute atomic E-state index is 0.695. The maximum absolute atomic E-state index is 4.23. The van der Waals surface area contributed by atoms with Gasteiger partial charge in [-0.3, -0.25) is 0 Å². The number of H-pyrrole nitrogens is 1. The third-order valence-corrected chi connectivity index (χ3v) is 3.83.